The molecule has 0 spiro atoms. The lowest BCUT2D eigenvalue weighted by atomic mass is 9.99. The molecule has 3 heterocycles. The fourth-order valence-electron chi connectivity index (χ4n) is 8.88. The van der Waals surface area contributed by atoms with Crippen molar-refractivity contribution in [3.8, 4) is 33.6 Å². The lowest BCUT2D eigenvalue weighted by molar-refractivity contribution is 1.18. The fourth-order valence-corrected chi connectivity index (χ4v) is 10.0. The molecule has 0 aliphatic heterocycles. The molecule has 55 heavy (non-hydrogen) atoms. The number of para-hydroxylation sites is 1. The van der Waals surface area contributed by atoms with Gasteiger partial charge < -0.3 is 9.13 Å². The third-order valence-electron chi connectivity index (χ3n) is 11.5. The van der Waals surface area contributed by atoms with Gasteiger partial charge in [-0.15, -0.1) is 11.3 Å². The monoisotopic (exact) mass is 716 g/mol. The van der Waals surface area contributed by atoms with E-state index in [1.165, 1.54) is 102 Å². The second kappa shape index (κ2) is 11.8. The summed E-state index contributed by atoms with van der Waals surface area (Å²) in [6.45, 7) is 0. The van der Waals surface area contributed by atoms with Gasteiger partial charge in [0.2, 0.25) is 0 Å². The van der Waals surface area contributed by atoms with E-state index >= 15 is 0 Å². The largest absolute Gasteiger partial charge is 0.309 e. The molecule has 3 heteroatoms. The number of thiophene rings is 1. The van der Waals surface area contributed by atoms with Crippen LogP contribution in [0.3, 0.4) is 0 Å². The molecule has 0 atom stereocenters. The first-order chi connectivity index (χ1) is 27.2. The average Bonchev–Trinajstić information content (AvgIpc) is 3.89. The maximum Gasteiger partial charge on any atom is 0.0547 e. The summed E-state index contributed by atoms with van der Waals surface area (Å²) < 4.78 is 7.51. The molecular weight excluding hydrogens is 685 g/mol. The summed E-state index contributed by atoms with van der Waals surface area (Å²) in [6, 6.07) is 71.5. The second-order valence-electron chi connectivity index (χ2n) is 14.6. The van der Waals surface area contributed by atoms with Gasteiger partial charge >= 0.3 is 0 Å². The Morgan fingerprint density at radius 1 is 0.273 bits per heavy atom. The van der Waals surface area contributed by atoms with Crippen LogP contribution in [0.5, 0.6) is 0 Å². The first kappa shape index (κ1) is 30.5. The van der Waals surface area contributed by atoms with Crippen LogP contribution in [0.15, 0.2) is 194 Å². The van der Waals surface area contributed by atoms with E-state index in [2.05, 4.69) is 203 Å². The number of aromatic nitrogens is 2. The van der Waals surface area contributed by atoms with E-state index in [0.717, 1.165) is 5.69 Å². The van der Waals surface area contributed by atoms with E-state index in [1.54, 1.807) is 0 Å². The molecule has 0 unspecified atom stereocenters. The fraction of sp³-hybridized carbons (Fsp3) is 0. The van der Waals surface area contributed by atoms with E-state index in [1.807, 2.05) is 11.3 Å². The summed E-state index contributed by atoms with van der Waals surface area (Å²) in [5.74, 6) is 0. The SMILES string of the molecule is c1ccc(-c2ccc3c4cc(-c5ccc6c(c5)c5cc7ccccc7cc5n6-c5ccc6c(c5)sc5ccccc56)ccc4n(-c4ccccc4)c3c2)cc1. The van der Waals surface area contributed by atoms with Gasteiger partial charge in [-0.3, -0.25) is 0 Å². The standard InChI is InChI=1S/C52H32N2S/c1-3-11-33(12-4-1)38-19-23-41-44-28-36(20-25-47(44)53(49(41)31-38)39-15-5-2-6-16-39)37-21-26-48-45(29-37)46-27-34-13-7-8-14-35(34)30-50(46)54(48)40-22-24-43-42-17-9-10-18-51(42)55-52(43)32-40/h1-32H. The maximum atomic E-state index is 2.46. The minimum Gasteiger partial charge on any atom is -0.309 e. The van der Waals surface area contributed by atoms with Crippen molar-refractivity contribution >= 4 is 85.9 Å². The lowest BCUT2D eigenvalue weighted by Gasteiger charge is -2.10. The van der Waals surface area contributed by atoms with Crippen molar-refractivity contribution in [3.63, 3.8) is 0 Å². The Kier molecular flexibility index (Phi) is 6.54. The van der Waals surface area contributed by atoms with Crippen LogP contribution in [0.4, 0.5) is 0 Å². The Morgan fingerprint density at radius 3 is 1.60 bits per heavy atom. The van der Waals surface area contributed by atoms with Crippen molar-refractivity contribution < 1.29 is 0 Å². The van der Waals surface area contributed by atoms with Crippen LogP contribution in [0.1, 0.15) is 0 Å². The smallest absolute Gasteiger partial charge is 0.0547 e. The van der Waals surface area contributed by atoms with Crippen molar-refractivity contribution in [2.45, 2.75) is 0 Å². The topological polar surface area (TPSA) is 9.86 Å². The molecule has 12 aromatic rings. The van der Waals surface area contributed by atoms with Crippen LogP contribution in [0.2, 0.25) is 0 Å². The van der Waals surface area contributed by atoms with Crippen LogP contribution in [0, 0.1) is 0 Å². The number of rotatable bonds is 4. The van der Waals surface area contributed by atoms with Crippen LogP contribution < -0.4 is 0 Å². The Balaban J connectivity index is 1.07. The van der Waals surface area contributed by atoms with Gasteiger partial charge in [-0.05, 0) is 106 Å². The molecule has 0 N–H and O–H groups in total. The molecule has 9 aromatic carbocycles. The maximum absolute atomic E-state index is 2.46. The summed E-state index contributed by atoms with van der Waals surface area (Å²) in [6.07, 6.45) is 0. The van der Waals surface area contributed by atoms with Gasteiger partial charge in [-0.1, -0.05) is 121 Å². The molecule has 0 fully saturated rings. The normalized spacial score (nSPS) is 12.0. The van der Waals surface area contributed by atoms with Crippen LogP contribution >= 0.6 is 11.3 Å². The Hall–Kier alpha value is -6.94. The van der Waals surface area contributed by atoms with Crippen LogP contribution in [0.25, 0.3) is 108 Å². The highest BCUT2D eigenvalue weighted by atomic mass is 32.1. The first-order valence-corrected chi connectivity index (χ1v) is 19.6. The first-order valence-electron chi connectivity index (χ1n) is 18.8. The summed E-state index contributed by atoms with van der Waals surface area (Å²) in [5.41, 5.74) is 12.1. The molecule has 0 radical (unpaired) electrons. The van der Waals surface area contributed by atoms with Gasteiger partial charge in [0.1, 0.15) is 0 Å². The zero-order valence-electron chi connectivity index (χ0n) is 29.8. The van der Waals surface area contributed by atoms with E-state index in [4.69, 9.17) is 0 Å². The number of hydrogen-bond acceptors (Lipinski definition) is 1. The van der Waals surface area contributed by atoms with Gasteiger partial charge in [-0.25, -0.2) is 0 Å². The predicted molar refractivity (Wildman–Crippen MR) is 236 cm³/mol. The molecule has 0 saturated carbocycles. The molecule has 3 aromatic heterocycles. The molecule has 256 valence electrons. The number of hydrogen-bond donors (Lipinski definition) is 0. The highest BCUT2D eigenvalue weighted by Crippen LogP contribution is 2.42. The molecule has 0 saturated heterocycles. The average molecular weight is 717 g/mol. The van der Waals surface area contributed by atoms with Crippen molar-refractivity contribution in [1.82, 2.24) is 9.13 Å². The Bertz CT molecular complexity index is 3470. The van der Waals surface area contributed by atoms with Gasteiger partial charge in [0.25, 0.3) is 0 Å². The summed E-state index contributed by atoms with van der Waals surface area (Å²) >= 11 is 1.87. The highest BCUT2D eigenvalue weighted by Gasteiger charge is 2.18. The quantitative estimate of drug-likeness (QED) is 0.172. The van der Waals surface area contributed by atoms with Crippen molar-refractivity contribution in [1.29, 1.82) is 0 Å². The lowest BCUT2D eigenvalue weighted by Crippen LogP contribution is -1.94. The Morgan fingerprint density at radius 2 is 0.818 bits per heavy atom. The third-order valence-corrected chi connectivity index (χ3v) is 12.6. The second-order valence-corrected chi connectivity index (χ2v) is 15.6. The van der Waals surface area contributed by atoms with Gasteiger partial charge in [0.15, 0.2) is 0 Å². The summed E-state index contributed by atoms with van der Waals surface area (Å²) in [7, 11) is 0. The molecule has 12 rings (SSSR count). The molecular formula is C52H32N2S. The molecule has 2 nitrogen and oxygen atoms in total. The minimum atomic E-state index is 1.16. The predicted octanol–water partition coefficient (Wildman–Crippen LogP) is 14.7. The van der Waals surface area contributed by atoms with Crippen LogP contribution in [-0.2, 0) is 0 Å². The zero-order valence-corrected chi connectivity index (χ0v) is 30.6. The Labute approximate surface area is 321 Å². The van der Waals surface area contributed by atoms with Crippen molar-refractivity contribution in [2.24, 2.45) is 0 Å². The van der Waals surface area contributed by atoms with Gasteiger partial charge in [0, 0.05) is 53.1 Å². The minimum absolute atomic E-state index is 1.16. The molecule has 0 aliphatic carbocycles. The molecule has 0 bridgehead atoms. The molecule has 0 amide bonds. The number of nitrogens with zero attached hydrogens (tertiary/aromatic N) is 2. The van der Waals surface area contributed by atoms with E-state index in [9.17, 15) is 0 Å². The van der Waals surface area contributed by atoms with Crippen molar-refractivity contribution in [2.75, 3.05) is 0 Å². The van der Waals surface area contributed by atoms with Gasteiger partial charge in [-0.2, -0.15) is 0 Å². The number of fused-ring (bicyclic) bond motifs is 10. The summed E-state index contributed by atoms with van der Waals surface area (Å²) in [5, 5.41) is 10.2. The highest BCUT2D eigenvalue weighted by molar-refractivity contribution is 7.25. The van der Waals surface area contributed by atoms with E-state index in [0.29, 0.717) is 0 Å². The van der Waals surface area contributed by atoms with E-state index < -0.39 is 0 Å². The van der Waals surface area contributed by atoms with E-state index in [-0.39, 0.29) is 0 Å². The third kappa shape index (κ3) is 4.67. The summed E-state index contributed by atoms with van der Waals surface area (Å²) in [4.78, 5) is 0. The van der Waals surface area contributed by atoms with Gasteiger partial charge in [0.05, 0.1) is 22.1 Å². The zero-order chi connectivity index (χ0) is 36.0. The molecule has 0 aliphatic rings. The van der Waals surface area contributed by atoms with Crippen molar-refractivity contribution in [3.05, 3.63) is 194 Å². The number of benzene rings is 9. The van der Waals surface area contributed by atoms with Crippen LogP contribution in [-0.4, -0.2) is 9.13 Å².